The molecular formula is C38H58N2O7. The lowest BCUT2D eigenvalue weighted by Gasteiger charge is -2.63. The van der Waals surface area contributed by atoms with Crippen LogP contribution in [0.1, 0.15) is 110 Å². The topological polar surface area (TPSA) is 145 Å². The van der Waals surface area contributed by atoms with Crippen LogP contribution in [0.15, 0.2) is 30.3 Å². The summed E-state index contributed by atoms with van der Waals surface area (Å²) in [6.07, 6.45) is 9.55. The number of carbonyl (C=O) groups is 3. The molecular weight excluding hydrogens is 596 g/mol. The van der Waals surface area contributed by atoms with Crippen molar-refractivity contribution < 1.29 is 34.4 Å². The maximum atomic E-state index is 12.9. The number of amides is 2. The number of aliphatic hydroxyl groups excluding tert-OH is 2. The lowest BCUT2D eigenvalue weighted by Crippen LogP contribution is -2.61. The number of carboxylic acid groups (broad SMARTS) is 1. The summed E-state index contributed by atoms with van der Waals surface area (Å²) in [5.41, 5.74) is 0.814. The van der Waals surface area contributed by atoms with Crippen molar-refractivity contribution in [3.05, 3.63) is 35.9 Å². The van der Waals surface area contributed by atoms with Crippen molar-refractivity contribution in [2.75, 3.05) is 6.54 Å². The minimum Gasteiger partial charge on any atom is -0.480 e. The van der Waals surface area contributed by atoms with Gasteiger partial charge in [0.1, 0.15) is 12.6 Å². The normalized spacial score (nSPS) is 35.8. The van der Waals surface area contributed by atoms with Gasteiger partial charge in [0.2, 0.25) is 5.91 Å². The molecule has 0 radical (unpaired) electrons. The fourth-order valence-corrected chi connectivity index (χ4v) is 10.7. The average Bonchev–Trinajstić information content (AvgIpc) is 3.41. The number of aliphatic hydroxyl groups is 2. The van der Waals surface area contributed by atoms with Crippen molar-refractivity contribution in [1.29, 1.82) is 0 Å². The maximum Gasteiger partial charge on any atom is 0.407 e. The quantitative estimate of drug-likeness (QED) is 0.163. The average molecular weight is 655 g/mol. The second kappa shape index (κ2) is 15.3. The molecule has 4 aliphatic carbocycles. The van der Waals surface area contributed by atoms with Gasteiger partial charge in [-0.15, -0.1) is 0 Å². The van der Waals surface area contributed by atoms with E-state index in [9.17, 15) is 29.7 Å². The lowest BCUT2D eigenvalue weighted by atomic mass is 9.43. The number of alkyl carbamates (subject to hydrolysis) is 1. The van der Waals surface area contributed by atoms with E-state index in [1.165, 1.54) is 25.7 Å². The standard InChI is InChI=1S/C38H58N2O7/c1-24(15-18-33(43)40-30(35(44)45)14-8-10-20-39-36(46)47-23-25-11-5-4-6-12-25)27-16-17-28-34-29(22-32(42)38(27,28)3)37(2)19-9-7-13-26(37)21-31(34)41/h4-6,11-12,24,26-32,34,41-42H,7-10,13-23H2,1-3H3,(H,39,46)(H,40,43)(H,44,45)/t24-,26+,27-,28?,29+,30?,31-,32+,34+,37+,38-/m1/s1. The SMILES string of the molecule is C[C@H](CCC(=O)NC(CCCCNC(=O)OCc1ccccc1)C(=O)O)[C@H]1CCC2[C@@H]3[C@H](O)C[C@@H]4CCCC[C@]4(C)[C@H]3C[C@H](O)[C@@]21C. The van der Waals surface area contributed by atoms with Crippen LogP contribution in [0.4, 0.5) is 4.79 Å². The smallest absolute Gasteiger partial charge is 0.407 e. The summed E-state index contributed by atoms with van der Waals surface area (Å²) in [4.78, 5) is 36.8. The molecule has 262 valence electrons. The molecule has 4 fully saturated rings. The number of unbranched alkanes of at least 4 members (excludes halogenated alkanes) is 1. The summed E-state index contributed by atoms with van der Waals surface area (Å²) in [6.45, 7) is 7.40. The summed E-state index contributed by atoms with van der Waals surface area (Å²) < 4.78 is 5.20. The van der Waals surface area contributed by atoms with E-state index in [0.29, 0.717) is 37.6 Å². The van der Waals surface area contributed by atoms with Crippen LogP contribution in [0.2, 0.25) is 0 Å². The third kappa shape index (κ3) is 7.66. The predicted molar refractivity (Wildman–Crippen MR) is 179 cm³/mol. The number of nitrogens with one attached hydrogen (secondary N) is 2. The van der Waals surface area contributed by atoms with Gasteiger partial charge in [0.25, 0.3) is 0 Å². The monoisotopic (exact) mass is 654 g/mol. The van der Waals surface area contributed by atoms with Gasteiger partial charge in [0.05, 0.1) is 12.2 Å². The Kier molecular flexibility index (Phi) is 11.6. The molecule has 0 spiro atoms. The molecule has 4 aliphatic rings. The molecule has 11 atom stereocenters. The van der Waals surface area contributed by atoms with Crippen LogP contribution in [0, 0.1) is 46.3 Å². The number of hydrogen-bond donors (Lipinski definition) is 5. The number of benzene rings is 1. The highest BCUT2D eigenvalue weighted by Gasteiger charge is 2.65. The summed E-state index contributed by atoms with van der Waals surface area (Å²) in [5.74, 6) is 0.542. The number of rotatable bonds is 13. The summed E-state index contributed by atoms with van der Waals surface area (Å²) >= 11 is 0. The van der Waals surface area contributed by atoms with Crippen LogP contribution in [0.3, 0.4) is 0 Å². The molecule has 1 aromatic carbocycles. The van der Waals surface area contributed by atoms with Crippen LogP contribution in [-0.2, 0) is 20.9 Å². The van der Waals surface area contributed by atoms with Gasteiger partial charge in [-0.1, -0.05) is 63.9 Å². The van der Waals surface area contributed by atoms with Crippen LogP contribution < -0.4 is 10.6 Å². The minimum absolute atomic E-state index is 0.184. The largest absolute Gasteiger partial charge is 0.480 e. The molecule has 2 amide bonds. The fraction of sp³-hybridized carbons (Fsp3) is 0.763. The van der Waals surface area contributed by atoms with Crippen LogP contribution >= 0.6 is 0 Å². The molecule has 47 heavy (non-hydrogen) atoms. The molecule has 0 heterocycles. The molecule has 5 rings (SSSR count). The third-order valence-corrected chi connectivity index (χ3v) is 13.3. The lowest BCUT2D eigenvalue weighted by molar-refractivity contribution is -0.201. The molecule has 0 aromatic heterocycles. The first-order valence-corrected chi connectivity index (χ1v) is 18.3. The Hall–Kier alpha value is -2.65. The van der Waals surface area contributed by atoms with Gasteiger partial charge >= 0.3 is 12.1 Å². The number of carbonyl (C=O) groups excluding carboxylic acids is 2. The van der Waals surface area contributed by atoms with Gasteiger partial charge in [-0.3, -0.25) is 4.79 Å². The second-order valence-electron chi connectivity index (χ2n) is 15.8. The number of carboxylic acids is 1. The number of ether oxygens (including phenoxy) is 1. The van der Waals surface area contributed by atoms with E-state index in [4.69, 9.17) is 4.74 Å². The van der Waals surface area contributed by atoms with Gasteiger partial charge in [-0.05, 0) is 116 Å². The van der Waals surface area contributed by atoms with Crippen molar-refractivity contribution >= 4 is 18.0 Å². The predicted octanol–water partition coefficient (Wildman–Crippen LogP) is 6.06. The Labute approximate surface area is 280 Å². The highest BCUT2D eigenvalue weighted by molar-refractivity contribution is 5.83. The van der Waals surface area contributed by atoms with Gasteiger partial charge in [0.15, 0.2) is 0 Å². The molecule has 0 aliphatic heterocycles. The molecule has 2 unspecified atom stereocenters. The summed E-state index contributed by atoms with van der Waals surface area (Å²) in [6, 6.07) is 8.42. The second-order valence-corrected chi connectivity index (χ2v) is 15.8. The number of hydrogen-bond acceptors (Lipinski definition) is 6. The van der Waals surface area contributed by atoms with Crippen molar-refractivity contribution in [3.63, 3.8) is 0 Å². The van der Waals surface area contributed by atoms with E-state index in [2.05, 4.69) is 31.4 Å². The Balaban J connectivity index is 1.06. The number of aliphatic carboxylic acids is 1. The van der Waals surface area contributed by atoms with Crippen molar-refractivity contribution in [3.8, 4) is 0 Å². The zero-order valence-electron chi connectivity index (χ0n) is 28.7. The minimum atomic E-state index is -1.06. The highest BCUT2D eigenvalue weighted by atomic mass is 16.5. The Morgan fingerprint density at radius 3 is 2.49 bits per heavy atom. The van der Waals surface area contributed by atoms with Crippen LogP contribution in [0.5, 0.6) is 0 Å². The van der Waals surface area contributed by atoms with Crippen molar-refractivity contribution in [2.45, 2.75) is 129 Å². The van der Waals surface area contributed by atoms with Gasteiger partial charge in [-0.25, -0.2) is 9.59 Å². The first-order valence-electron chi connectivity index (χ1n) is 18.3. The van der Waals surface area contributed by atoms with Crippen molar-refractivity contribution in [1.82, 2.24) is 10.6 Å². The first-order chi connectivity index (χ1) is 22.4. The molecule has 0 bridgehead atoms. The maximum absolute atomic E-state index is 12.9. The fourth-order valence-electron chi connectivity index (χ4n) is 10.7. The zero-order chi connectivity index (χ0) is 33.8. The molecule has 9 nitrogen and oxygen atoms in total. The van der Waals surface area contributed by atoms with Gasteiger partial charge in [-0.2, -0.15) is 0 Å². The summed E-state index contributed by atoms with van der Waals surface area (Å²) in [5, 5.41) is 38.5. The van der Waals surface area contributed by atoms with E-state index >= 15 is 0 Å². The van der Waals surface area contributed by atoms with Crippen LogP contribution in [0.25, 0.3) is 0 Å². The van der Waals surface area contributed by atoms with E-state index in [1.807, 2.05) is 30.3 Å². The van der Waals surface area contributed by atoms with Crippen LogP contribution in [-0.4, -0.2) is 58.1 Å². The van der Waals surface area contributed by atoms with E-state index in [-0.39, 0.29) is 66.0 Å². The van der Waals surface area contributed by atoms with E-state index < -0.39 is 24.2 Å². The van der Waals surface area contributed by atoms with Gasteiger partial charge < -0.3 is 30.7 Å². The van der Waals surface area contributed by atoms with Gasteiger partial charge in [0, 0.05) is 13.0 Å². The molecule has 1 aromatic rings. The molecule has 5 N–H and O–H groups in total. The van der Waals surface area contributed by atoms with Crippen molar-refractivity contribution in [2.24, 2.45) is 46.3 Å². The Bertz CT molecular complexity index is 1230. The molecule has 0 saturated heterocycles. The zero-order valence-corrected chi connectivity index (χ0v) is 28.7. The Morgan fingerprint density at radius 2 is 1.74 bits per heavy atom. The first kappa shape index (κ1) is 35.7. The highest BCUT2D eigenvalue weighted by Crippen LogP contribution is 2.68. The van der Waals surface area contributed by atoms with E-state index in [1.54, 1.807) is 0 Å². The molecule has 4 saturated carbocycles. The third-order valence-electron chi connectivity index (χ3n) is 13.3. The Morgan fingerprint density at radius 1 is 0.979 bits per heavy atom. The number of fused-ring (bicyclic) bond motifs is 5. The molecule has 9 heteroatoms. The summed E-state index contributed by atoms with van der Waals surface area (Å²) in [7, 11) is 0. The van der Waals surface area contributed by atoms with E-state index in [0.717, 1.165) is 31.2 Å².